The summed E-state index contributed by atoms with van der Waals surface area (Å²) in [7, 11) is -1.63. The van der Waals surface area contributed by atoms with Crippen molar-refractivity contribution in [1.29, 1.82) is 0 Å². The van der Waals surface area contributed by atoms with Crippen molar-refractivity contribution in [3.8, 4) is 0 Å². The first kappa shape index (κ1) is 16.5. The molecule has 2 aromatic carbocycles. The first-order valence-corrected chi connectivity index (χ1v) is 9.32. The Bertz CT molecular complexity index is 780. The lowest BCUT2D eigenvalue weighted by molar-refractivity contribution is 0.161. The van der Waals surface area contributed by atoms with Gasteiger partial charge in [0.15, 0.2) is 0 Å². The predicted octanol–water partition coefficient (Wildman–Crippen LogP) is 3.02. The molecule has 2 aromatic rings. The van der Waals surface area contributed by atoms with Crippen molar-refractivity contribution in [3.63, 3.8) is 0 Å². The van der Waals surface area contributed by atoms with Crippen molar-refractivity contribution in [3.05, 3.63) is 65.2 Å². The number of hydrogen-bond donors (Lipinski definition) is 0. The second-order valence-electron chi connectivity index (χ2n) is 5.73. The molecule has 0 radical (unpaired) electrons. The lowest BCUT2D eigenvalue weighted by Crippen LogP contribution is -2.49. The minimum Gasteiger partial charge on any atom is -0.303 e. The van der Waals surface area contributed by atoms with Gasteiger partial charge in [-0.05, 0) is 24.7 Å². The van der Waals surface area contributed by atoms with Gasteiger partial charge >= 0.3 is 0 Å². The van der Waals surface area contributed by atoms with Crippen molar-refractivity contribution in [1.82, 2.24) is 9.21 Å². The monoisotopic (exact) mass is 350 g/mol. The molecule has 23 heavy (non-hydrogen) atoms. The summed E-state index contributed by atoms with van der Waals surface area (Å²) in [6.07, 6.45) is 0. The molecule has 3 rings (SSSR count). The molecule has 1 atom stereocenters. The summed E-state index contributed by atoms with van der Waals surface area (Å²) in [4.78, 5) is 2.32. The standard InChI is InChI=1S/C17H19ClN2O2S/c1-19-11-12-20(16(13-19)14-7-3-2-4-8-14)23(21,22)17-10-6-5-9-15(17)18/h2-10,16H,11-13H2,1H3/t16-/m0/s1. The zero-order chi connectivity index (χ0) is 16.4. The largest absolute Gasteiger partial charge is 0.303 e. The first-order valence-electron chi connectivity index (χ1n) is 7.50. The molecular formula is C17H19ClN2O2S. The summed E-state index contributed by atoms with van der Waals surface area (Å²) in [5.74, 6) is 0. The molecule has 0 unspecified atom stereocenters. The Balaban J connectivity index is 2.03. The maximum atomic E-state index is 13.1. The van der Waals surface area contributed by atoms with Crippen LogP contribution in [0, 0.1) is 0 Å². The van der Waals surface area contributed by atoms with Gasteiger partial charge in [0.2, 0.25) is 10.0 Å². The molecule has 1 aliphatic heterocycles. The molecule has 122 valence electrons. The molecule has 1 fully saturated rings. The van der Waals surface area contributed by atoms with Crippen molar-refractivity contribution < 1.29 is 8.42 Å². The summed E-state index contributed by atoms with van der Waals surface area (Å²) in [6.45, 7) is 1.81. The Labute approximate surface area is 142 Å². The third-order valence-electron chi connectivity index (χ3n) is 4.14. The van der Waals surface area contributed by atoms with E-state index in [1.807, 2.05) is 37.4 Å². The number of sulfonamides is 1. The van der Waals surface area contributed by atoms with Gasteiger partial charge in [0.05, 0.1) is 11.1 Å². The minimum absolute atomic E-state index is 0.173. The van der Waals surface area contributed by atoms with Gasteiger partial charge in [-0.3, -0.25) is 0 Å². The zero-order valence-electron chi connectivity index (χ0n) is 12.9. The number of halogens is 1. The average Bonchev–Trinajstić information content (AvgIpc) is 2.55. The van der Waals surface area contributed by atoms with E-state index in [0.29, 0.717) is 19.6 Å². The van der Waals surface area contributed by atoms with Gasteiger partial charge in [0, 0.05) is 19.6 Å². The fourth-order valence-corrected chi connectivity index (χ4v) is 5.01. The van der Waals surface area contributed by atoms with Crippen LogP contribution in [-0.2, 0) is 10.0 Å². The van der Waals surface area contributed by atoms with E-state index < -0.39 is 10.0 Å². The van der Waals surface area contributed by atoms with Gasteiger partial charge < -0.3 is 4.90 Å². The van der Waals surface area contributed by atoms with Crippen molar-refractivity contribution in [2.45, 2.75) is 10.9 Å². The van der Waals surface area contributed by atoms with E-state index in [1.165, 1.54) is 0 Å². The highest BCUT2D eigenvalue weighted by Crippen LogP contribution is 2.33. The quantitative estimate of drug-likeness (QED) is 0.854. The number of nitrogens with zero attached hydrogens (tertiary/aromatic N) is 2. The smallest absolute Gasteiger partial charge is 0.245 e. The minimum atomic E-state index is -3.64. The van der Waals surface area contributed by atoms with Gasteiger partial charge in [0.25, 0.3) is 0 Å². The highest BCUT2D eigenvalue weighted by atomic mass is 35.5. The molecule has 0 aromatic heterocycles. The SMILES string of the molecule is CN1CCN(S(=O)(=O)c2ccccc2Cl)[C@H](c2ccccc2)C1. The van der Waals surface area contributed by atoms with E-state index >= 15 is 0 Å². The molecule has 0 saturated carbocycles. The molecule has 6 heteroatoms. The average molecular weight is 351 g/mol. The number of rotatable bonds is 3. The topological polar surface area (TPSA) is 40.6 Å². The fourth-order valence-electron chi connectivity index (χ4n) is 2.92. The molecule has 1 aliphatic rings. The van der Waals surface area contributed by atoms with E-state index in [0.717, 1.165) is 5.56 Å². The van der Waals surface area contributed by atoms with Gasteiger partial charge in [-0.15, -0.1) is 0 Å². The lowest BCUT2D eigenvalue weighted by Gasteiger charge is -2.39. The van der Waals surface area contributed by atoms with Crippen molar-refractivity contribution >= 4 is 21.6 Å². The van der Waals surface area contributed by atoms with Crippen LogP contribution in [0.3, 0.4) is 0 Å². The molecule has 0 amide bonds. The molecule has 1 saturated heterocycles. The van der Waals surface area contributed by atoms with Crippen molar-refractivity contribution in [2.75, 3.05) is 26.7 Å². The van der Waals surface area contributed by atoms with Gasteiger partial charge in [0.1, 0.15) is 4.90 Å². The van der Waals surface area contributed by atoms with Gasteiger partial charge in [-0.2, -0.15) is 4.31 Å². The summed E-state index contributed by atoms with van der Waals surface area (Å²) < 4.78 is 27.8. The summed E-state index contributed by atoms with van der Waals surface area (Å²) in [5, 5.41) is 0.262. The summed E-state index contributed by atoms with van der Waals surface area (Å²) in [5.41, 5.74) is 0.995. The number of benzene rings is 2. The van der Waals surface area contributed by atoms with E-state index in [1.54, 1.807) is 28.6 Å². The summed E-state index contributed by atoms with van der Waals surface area (Å²) >= 11 is 6.13. The van der Waals surface area contributed by atoms with Crippen LogP contribution in [0.2, 0.25) is 5.02 Å². The maximum Gasteiger partial charge on any atom is 0.245 e. The first-order chi connectivity index (χ1) is 11.0. The maximum absolute atomic E-state index is 13.1. The Morgan fingerprint density at radius 3 is 2.35 bits per heavy atom. The number of piperazine rings is 1. The highest BCUT2D eigenvalue weighted by molar-refractivity contribution is 7.89. The zero-order valence-corrected chi connectivity index (χ0v) is 14.5. The fraction of sp³-hybridized carbons (Fsp3) is 0.294. The Morgan fingerprint density at radius 2 is 1.65 bits per heavy atom. The predicted molar refractivity (Wildman–Crippen MR) is 92.0 cm³/mol. The molecular weight excluding hydrogens is 332 g/mol. The van der Waals surface area contributed by atoms with E-state index in [4.69, 9.17) is 11.6 Å². The van der Waals surface area contributed by atoms with Crippen LogP contribution in [-0.4, -0.2) is 44.3 Å². The Kier molecular flexibility index (Phi) is 4.73. The lowest BCUT2D eigenvalue weighted by atomic mass is 10.1. The van der Waals surface area contributed by atoms with Crippen LogP contribution in [0.5, 0.6) is 0 Å². The molecule has 0 N–H and O–H groups in total. The van der Waals surface area contributed by atoms with Gasteiger partial charge in [-0.25, -0.2) is 8.42 Å². The summed E-state index contributed by atoms with van der Waals surface area (Å²) in [6, 6.07) is 16.2. The normalized spacial score (nSPS) is 20.5. The molecule has 1 heterocycles. The van der Waals surface area contributed by atoms with Crippen LogP contribution in [0.25, 0.3) is 0 Å². The number of hydrogen-bond acceptors (Lipinski definition) is 3. The van der Waals surface area contributed by atoms with Crippen molar-refractivity contribution in [2.24, 2.45) is 0 Å². The van der Waals surface area contributed by atoms with Crippen LogP contribution in [0.1, 0.15) is 11.6 Å². The molecule has 0 aliphatic carbocycles. The van der Waals surface area contributed by atoms with Gasteiger partial charge in [-0.1, -0.05) is 54.1 Å². The highest BCUT2D eigenvalue weighted by Gasteiger charge is 2.36. The second-order valence-corrected chi connectivity index (χ2v) is 8.00. The second kappa shape index (κ2) is 6.61. The van der Waals surface area contributed by atoms with Crippen LogP contribution >= 0.6 is 11.6 Å². The van der Waals surface area contributed by atoms with Crippen LogP contribution in [0.15, 0.2) is 59.5 Å². The third-order valence-corrected chi connectivity index (χ3v) is 6.55. The van der Waals surface area contributed by atoms with Crippen LogP contribution < -0.4 is 0 Å². The molecule has 0 bridgehead atoms. The van der Waals surface area contributed by atoms with E-state index in [-0.39, 0.29) is 16.0 Å². The Morgan fingerprint density at radius 1 is 1.00 bits per heavy atom. The Hall–Kier alpha value is -1.40. The van der Waals surface area contributed by atoms with E-state index in [9.17, 15) is 8.42 Å². The molecule has 4 nitrogen and oxygen atoms in total. The van der Waals surface area contributed by atoms with Crippen LogP contribution in [0.4, 0.5) is 0 Å². The van der Waals surface area contributed by atoms with E-state index in [2.05, 4.69) is 4.90 Å². The third kappa shape index (κ3) is 3.28. The number of likely N-dealkylation sites (N-methyl/N-ethyl adjacent to an activating group) is 1. The molecule has 0 spiro atoms.